The lowest BCUT2D eigenvalue weighted by Crippen LogP contribution is -2.13. The van der Waals surface area contributed by atoms with Gasteiger partial charge < -0.3 is 10.6 Å². The van der Waals surface area contributed by atoms with Crippen LogP contribution in [0.1, 0.15) is 38.8 Å². The lowest BCUT2D eigenvalue weighted by atomic mass is 10.1. The number of rotatable bonds is 5. The van der Waals surface area contributed by atoms with Crippen LogP contribution in [0.5, 0.6) is 0 Å². The summed E-state index contributed by atoms with van der Waals surface area (Å²) in [6.45, 7) is 4.03. The van der Waals surface area contributed by atoms with E-state index < -0.39 is 0 Å². The fourth-order valence-electron chi connectivity index (χ4n) is 2.72. The molecule has 0 atom stereocenters. The van der Waals surface area contributed by atoms with Crippen molar-refractivity contribution in [2.24, 2.45) is 0 Å². The maximum absolute atomic E-state index is 12.3. The number of anilines is 2. The Labute approximate surface area is 159 Å². The van der Waals surface area contributed by atoms with Gasteiger partial charge in [0.05, 0.1) is 0 Å². The van der Waals surface area contributed by atoms with Gasteiger partial charge in [0, 0.05) is 22.5 Å². The Hall–Kier alpha value is -3.40. The Balaban J connectivity index is 1.62. The van der Waals surface area contributed by atoms with E-state index in [1.54, 1.807) is 30.3 Å². The second-order valence-electron chi connectivity index (χ2n) is 6.41. The van der Waals surface area contributed by atoms with Crippen molar-refractivity contribution in [1.82, 2.24) is 0 Å². The van der Waals surface area contributed by atoms with Gasteiger partial charge in [-0.3, -0.25) is 9.59 Å². The summed E-state index contributed by atoms with van der Waals surface area (Å²) in [4.78, 5) is 24.6. The van der Waals surface area contributed by atoms with Crippen molar-refractivity contribution in [1.29, 1.82) is 0 Å². The van der Waals surface area contributed by atoms with Crippen LogP contribution < -0.4 is 10.6 Å². The van der Waals surface area contributed by atoms with Gasteiger partial charge in [0.25, 0.3) is 11.8 Å². The highest BCUT2D eigenvalue weighted by Gasteiger charge is 2.08. The largest absolute Gasteiger partial charge is 0.322 e. The van der Waals surface area contributed by atoms with E-state index in [0.29, 0.717) is 22.5 Å². The van der Waals surface area contributed by atoms with Gasteiger partial charge in [-0.1, -0.05) is 36.8 Å². The maximum atomic E-state index is 12.3. The molecular formula is C23H22N2O2. The lowest BCUT2D eigenvalue weighted by Gasteiger charge is -2.09. The Kier molecular flexibility index (Phi) is 5.67. The minimum absolute atomic E-state index is 0.158. The highest BCUT2D eigenvalue weighted by atomic mass is 16.2. The van der Waals surface area contributed by atoms with E-state index in [1.807, 2.05) is 49.4 Å². The van der Waals surface area contributed by atoms with Crippen molar-refractivity contribution >= 4 is 23.2 Å². The predicted octanol–water partition coefficient (Wildman–Crippen LogP) is 5.06. The molecule has 0 saturated heterocycles. The molecule has 0 aliphatic rings. The molecule has 0 aliphatic carbocycles. The summed E-state index contributed by atoms with van der Waals surface area (Å²) >= 11 is 0. The molecular weight excluding hydrogens is 336 g/mol. The number of carbonyl (C=O) groups is 2. The molecule has 3 aromatic rings. The van der Waals surface area contributed by atoms with Gasteiger partial charge in [-0.25, -0.2) is 0 Å². The van der Waals surface area contributed by atoms with Crippen LogP contribution in [0.2, 0.25) is 0 Å². The predicted molar refractivity (Wildman–Crippen MR) is 109 cm³/mol. The minimum Gasteiger partial charge on any atom is -0.322 e. The van der Waals surface area contributed by atoms with Crippen LogP contribution in [0.25, 0.3) is 0 Å². The zero-order valence-corrected chi connectivity index (χ0v) is 15.5. The van der Waals surface area contributed by atoms with Crippen LogP contribution >= 0.6 is 0 Å². The molecule has 2 N–H and O–H groups in total. The summed E-state index contributed by atoms with van der Waals surface area (Å²) in [6.07, 6.45) is 0.942. The second kappa shape index (κ2) is 8.32. The molecule has 3 rings (SSSR count). The number of aryl methyl sites for hydroxylation is 2. The Morgan fingerprint density at radius 2 is 1.30 bits per heavy atom. The zero-order valence-electron chi connectivity index (χ0n) is 15.5. The number of hydrogen-bond donors (Lipinski definition) is 2. The standard InChI is InChI=1S/C23H22N2O2/c1-3-17-7-9-18(10-8-17)22(26)24-20-11-13-21(14-12-20)25-23(27)19-6-4-5-16(2)15-19/h4-15H,3H2,1-2H3,(H,24,26)(H,25,27). The van der Waals surface area contributed by atoms with E-state index >= 15 is 0 Å². The number of amides is 2. The van der Waals surface area contributed by atoms with Gasteiger partial charge in [0.2, 0.25) is 0 Å². The topological polar surface area (TPSA) is 58.2 Å². The van der Waals surface area contributed by atoms with Crippen molar-refractivity contribution in [2.75, 3.05) is 10.6 Å². The summed E-state index contributed by atoms with van der Waals surface area (Å²) < 4.78 is 0. The Morgan fingerprint density at radius 3 is 1.81 bits per heavy atom. The van der Waals surface area contributed by atoms with Gasteiger partial charge >= 0.3 is 0 Å². The van der Waals surface area contributed by atoms with Gasteiger partial charge in [0.1, 0.15) is 0 Å². The summed E-state index contributed by atoms with van der Waals surface area (Å²) in [7, 11) is 0. The minimum atomic E-state index is -0.161. The first-order chi connectivity index (χ1) is 13.0. The third-order valence-corrected chi connectivity index (χ3v) is 4.31. The first-order valence-electron chi connectivity index (χ1n) is 8.93. The number of nitrogens with one attached hydrogen (secondary N) is 2. The number of benzene rings is 3. The molecule has 136 valence electrons. The Morgan fingerprint density at radius 1 is 0.741 bits per heavy atom. The van der Waals surface area contributed by atoms with Crippen LogP contribution in [0.15, 0.2) is 72.8 Å². The monoisotopic (exact) mass is 358 g/mol. The molecule has 4 heteroatoms. The van der Waals surface area contributed by atoms with E-state index in [0.717, 1.165) is 12.0 Å². The van der Waals surface area contributed by atoms with Crippen LogP contribution in [-0.4, -0.2) is 11.8 Å². The molecule has 3 aromatic carbocycles. The molecule has 0 unspecified atom stereocenters. The van der Waals surface area contributed by atoms with Crippen LogP contribution in [0.3, 0.4) is 0 Å². The third kappa shape index (κ3) is 4.82. The van der Waals surface area contributed by atoms with E-state index in [-0.39, 0.29) is 11.8 Å². The van der Waals surface area contributed by atoms with Crippen molar-refractivity contribution in [2.45, 2.75) is 20.3 Å². The van der Waals surface area contributed by atoms with E-state index in [4.69, 9.17) is 0 Å². The molecule has 0 bridgehead atoms. The normalized spacial score (nSPS) is 10.3. The molecule has 0 saturated carbocycles. The smallest absolute Gasteiger partial charge is 0.255 e. The first kappa shape index (κ1) is 18.4. The highest BCUT2D eigenvalue weighted by Crippen LogP contribution is 2.16. The van der Waals surface area contributed by atoms with Gasteiger partial charge in [-0.15, -0.1) is 0 Å². The number of hydrogen-bond acceptors (Lipinski definition) is 2. The van der Waals surface area contributed by atoms with E-state index in [9.17, 15) is 9.59 Å². The summed E-state index contributed by atoms with van der Waals surface area (Å²) in [5.41, 5.74) is 4.81. The lowest BCUT2D eigenvalue weighted by molar-refractivity contribution is 0.101. The van der Waals surface area contributed by atoms with E-state index in [1.165, 1.54) is 5.56 Å². The summed E-state index contributed by atoms with van der Waals surface area (Å²) in [6, 6.07) is 22.1. The average molecular weight is 358 g/mol. The molecule has 2 amide bonds. The third-order valence-electron chi connectivity index (χ3n) is 4.31. The zero-order chi connectivity index (χ0) is 19.2. The summed E-state index contributed by atoms with van der Waals surface area (Å²) in [5.74, 6) is -0.319. The van der Waals surface area contributed by atoms with Crippen molar-refractivity contribution in [3.05, 3.63) is 95.1 Å². The van der Waals surface area contributed by atoms with Gasteiger partial charge in [-0.05, 0) is 67.4 Å². The molecule has 0 radical (unpaired) electrons. The second-order valence-corrected chi connectivity index (χ2v) is 6.41. The van der Waals surface area contributed by atoms with Crippen molar-refractivity contribution in [3.8, 4) is 0 Å². The van der Waals surface area contributed by atoms with Crippen LogP contribution in [0.4, 0.5) is 11.4 Å². The fraction of sp³-hybridized carbons (Fsp3) is 0.130. The van der Waals surface area contributed by atoms with Crippen LogP contribution in [-0.2, 0) is 6.42 Å². The van der Waals surface area contributed by atoms with Gasteiger partial charge in [0.15, 0.2) is 0 Å². The molecule has 27 heavy (non-hydrogen) atoms. The fourth-order valence-corrected chi connectivity index (χ4v) is 2.72. The van der Waals surface area contributed by atoms with Crippen molar-refractivity contribution < 1.29 is 9.59 Å². The SMILES string of the molecule is CCc1ccc(C(=O)Nc2ccc(NC(=O)c3cccc(C)c3)cc2)cc1. The molecule has 0 spiro atoms. The first-order valence-corrected chi connectivity index (χ1v) is 8.93. The van der Waals surface area contributed by atoms with Gasteiger partial charge in [-0.2, -0.15) is 0 Å². The molecule has 0 aromatic heterocycles. The van der Waals surface area contributed by atoms with Crippen molar-refractivity contribution in [3.63, 3.8) is 0 Å². The quantitative estimate of drug-likeness (QED) is 0.669. The molecule has 0 heterocycles. The highest BCUT2D eigenvalue weighted by molar-refractivity contribution is 6.05. The molecule has 0 fully saturated rings. The molecule has 0 aliphatic heterocycles. The maximum Gasteiger partial charge on any atom is 0.255 e. The van der Waals surface area contributed by atoms with Crippen LogP contribution in [0, 0.1) is 6.92 Å². The average Bonchev–Trinajstić information content (AvgIpc) is 2.69. The number of carbonyl (C=O) groups excluding carboxylic acids is 2. The summed E-state index contributed by atoms with van der Waals surface area (Å²) in [5, 5.41) is 5.72. The van der Waals surface area contributed by atoms with E-state index in [2.05, 4.69) is 17.6 Å². The Bertz CT molecular complexity index is 945. The molecule has 4 nitrogen and oxygen atoms in total.